The van der Waals surface area contributed by atoms with E-state index in [0.29, 0.717) is 30.9 Å². The van der Waals surface area contributed by atoms with Crippen LogP contribution < -0.4 is 0 Å². The lowest BCUT2D eigenvalue weighted by Crippen LogP contribution is -2.53. The molecule has 1 aliphatic heterocycles. The molecular formula is C18H17N3O2S. The first-order valence-electron chi connectivity index (χ1n) is 7.83. The summed E-state index contributed by atoms with van der Waals surface area (Å²) in [5.74, 6) is -0.0667. The van der Waals surface area contributed by atoms with E-state index in [0.717, 1.165) is 10.4 Å². The van der Waals surface area contributed by atoms with Crippen molar-refractivity contribution in [2.24, 2.45) is 0 Å². The lowest BCUT2D eigenvalue weighted by molar-refractivity contribution is 0.00594. The summed E-state index contributed by atoms with van der Waals surface area (Å²) in [7, 11) is 0. The van der Waals surface area contributed by atoms with Crippen molar-refractivity contribution in [3.8, 4) is 10.6 Å². The van der Waals surface area contributed by atoms with Crippen LogP contribution in [0.2, 0.25) is 0 Å². The maximum absolute atomic E-state index is 12.7. The van der Waals surface area contributed by atoms with Crippen LogP contribution in [-0.2, 0) is 6.54 Å². The lowest BCUT2D eigenvalue weighted by Gasteiger charge is -2.35. The smallest absolute Gasteiger partial charge is 0.257 e. The molecule has 4 rings (SSSR count). The molecule has 0 atom stereocenters. The van der Waals surface area contributed by atoms with E-state index in [1.807, 2.05) is 58.7 Å². The van der Waals surface area contributed by atoms with Crippen molar-refractivity contribution in [2.45, 2.75) is 12.6 Å². The van der Waals surface area contributed by atoms with E-state index in [1.165, 1.54) is 0 Å². The third kappa shape index (κ3) is 2.86. The molecule has 24 heavy (non-hydrogen) atoms. The molecule has 3 heterocycles. The number of aromatic nitrogens is 2. The fourth-order valence-corrected chi connectivity index (χ4v) is 3.54. The Bertz CT molecular complexity index is 837. The lowest BCUT2D eigenvalue weighted by atomic mass is 10.1. The fraction of sp³-hybridized carbons (Fsp3) is 0.222. The molecule has 1 fully saturated rings. The number of carbonyl (C=O) groups is 1. The second-order valence-electron chi connectivity index (χ2n) is 5.92. The number of aliphatic hydroxyl groups excluding tert-OH is 1. The molecule has 6 heteroatoms. The summed E-state index contributed by atoms with van der Waals surface area (Å²) in [5.41, 5.74) is 2.45. The van der Waals surface area contributed by atoms with Crippen LogP contribution in [0.5, 0.6) is 0 Å². The Balaban J connectivity index is 1.67. The Labute approximate surface area is 143 Å². The fourth-order valence-electron chi connectivity index (χ4n) is 2.82. The monoisotopic (exact) mass is 339 g/mol. The molecule has 0 bridgehead atoms. The number of benzene rings is 1. The molecule has 5 nitrogen and oxygen atoms in total. The summed E-state index contributed by atoms with van der Waals surface area (Å²) in [6.07, 6.45) is 1.41. The number of aliphatic hydroxyl groups is 1. The zero-order valence-electron chi connectivity index (χ0n) is 13.0. The molecule has 0 aliphatic carbocycles. The minimum atomic E-state index is -0.404. The first-order valence-corrected chi connectivity index (χ1v) is 8.71. The highest BCUT2D eigenvalue weighted by Crippen LogP contribution is 2.28. The Morgan fingerprint density at radius 2 is 2.00 bits per heavy atom. The van der Waals surface area contributed by atoms with Gasteiger partial charge in [0.2, 0.25) is 0 Å². The van der Waals surface area contributed by atoms with Gasteiger partial charge in [0.05, 0.1) is 23.1 Å². The molecule has 0 saturated carbocycles. The van der Waals surface area contributed by atoms with Gasteiger partial charge in [0.25, 0.3) is 5.91 Å². The van der Waals surface area contributed by atoms with Crippen molar-refractivity contribution in [1.82, 2.24) is 14.7 Å². The predicted molar refractivity (Wildman–Crippen MR) is 93.0 cm³/mol. The quantitative estimate of drug-likeness (QED) is 0.794. The maximum atomic E-state index is 12.7. The number of nitrogens with zero attached hydrogens (tertiary/aromatic N) is 3. The average Bonchev–Trinajstić information content (AvgIpc) is 3.21. The first kappa shape index (κ1) is 15.1. The maximum Gasteiger partial charge on any atom is 0.257 e. The average molecular weight is 339 g/mol. The number of hydrogen-bond donors (Lipinski definition) is 1. The number of hydrogen-bond acceptors (Lipinski definition) is 4. The molecule has 1 aromatic carbocycles. The Morgan fingerprint density at radius 3 is 2.67 bits per heavy atom. The van der Waals surface area contributed by atoms with Gasteiger partial charge in [0.15, 0.2) is 0 Å². The van der Waals surface area contributed by atoms with Gasteiger partial charge >= 0.3 is 0 Å². The summed E-state index contributed by atoms with van der Waals surface area (Å²) in [6, 6.07) is 14.0. The number of rotatable bonds is 4. The SMILES string of the molecule is O=C(c1cn(Cc2ccccc2)nc1-c1cccs1)N1CC(O)C1. The Kier molecular flexibility index (Phi) is 3.92. The number of amides is 1. The molecule has 3 aromatic rings. The molecule has 1 saturated heterocycles. The van der Waals surface area contributed by atoms with E-state index in [2.05, 4.69) is 5.10 Å². The van der Waals surface area contributed by atoms with Crippen LogP contribution in [0, 0.1) is 0 Å². The van der Waals surface area contributed by atoms with Gasteiger partial charge in [-0.15, -0.1) is 11.3 Å². The van der Waals surface area contributed by atoms with Crippen LogP contribution in [0.25, 0.3) is 10.6 Å². The molecule has 122 valence electrons. The highest BCUT2D eigenvalue weighted by Gasteiger charge is 2.32. The van der Waals surface area contributed by atoms with Crippen molar-refractivity contribution in [3.63, 3.8) is 0 Å². The van der Waals surface area contributed by atoms with Crippen molar-refractivity contribution < 1.29 is 9.90 Å². The second kappa shape index (κ2) is 6.22. The summed E-state index contributed by atoms with van der Waals surface area (Å²) in [5, 5.41) is 16.1. The standard InChI is InChI=1S/C18H17N3O2S/c22-14-10-20(11-14)18(23)15-12-21(9-13-5-2-1-3-6-13)19-17(15)16-7-4-8-24-16/h1-8,12,14,22H,9-11H2. The zero-order chi connectivity index (χ0) is 16.5. The molecular weight excluding hydrogens is 322 g/mol. The molecule has 0 radical (unpaired) electrons. The van der Waals surface area contributed by atoms with Gasteiger partial charge in [0, 0.05) is 19.3 Å². The van der Waals surface area contributed by atoms with Crippen LogP contribution in [0.1, 0.15) is 15.9 Å². The van der Waals surface area contributed by atoms with Gasteiger partial charge < -0.3 is 10.0 Å². The predicted octanol–water partition coefficient (Wildman–Crippen LogP) is 2.48. The van der Waals surface area contributed by atoms with E-state index in [-0.39, 0.29) is 5.91 Å². The van der Waals surface area contributed by atoms with Gasteiger partial charge in [-0.1, -0.05) is 36.4 Å². The highest BCUT2D eigenvalue weighted by atomic mass is 32.1. The Morgan fingerprint density at radius 1 is 1.21 bits per heavy atom. The number of likely N-dealkylation sites (tertiary alicyclic amines) is 1. The largest absolute Gasteiger partial charge is 0.389 e. The van der Waals surface area contributed by atoms with E-state index in [9.17, 15) is 9.90 Å². The number of thiophene rings is 1. The first-order chi connectivity index (χ1) is 11.7. The zero-order valence-corrected chi connectivity index (χ0v) is 13.8. The van der Waals surface area contributed by atoms with Crippen LogP contribution in [0.3, 0.4) is 0 Å². The Hall–Kier alpha value is -2.44. The number of carbonyl (C=O) groups excluding carboxylic acids is 1. The van der Waals surface area contributed by atoms with Crippen LogP contribution in [0.4, 0.5) is 0 Å². The number of β-amino-alcohol motifs (C(OH)–C–C–N with tert-alkyl or cyclic N) is 1. The third-order valence-corrected chi connectivity index (χ3v) is 4.96. The molecule has 1 N–H and O–H groups in total. The van der Waals surface area contributed by atoms with E-state index >= 15 is 0 Å². The molecule has 1 amide bonds. The van der Waals surface area contributed by atoms with Gasteiger partial charge in [-0.2, -0.15) is 5.10 Å². The van der Waals surface area contributed by atoms with Crippen molar-refractivity contribution in [3.05, 3.63) is 65.2 Å². The molecule has 1 aliphatic rings. The van der Waals surface area contributed by atoms with Crippen LogP contribution in [-0.4, -0.2) is 44.9 Å². The molecule has 0 spiro atoms. The van der Waals surface area contributed by atoms with Gasteiger partial charge in [-0.25, -0.2) is 0 Å². The summed E-state index contributed by atoms with van der Waals surface area (Å²) in [4.78, 5) is 15.4. The highest BCUT2D eigenvalue weighted by molar-refractivity contribution is 7.13. The van der Waals surface area contributed by atoms with Gasteiger partial charge in [-0.05, 0) is 17.0 Å². The van der Waals surface area contributed by atoms with Crippen LogP contribution >= 0.6 is 11.3 Å². The van der Waals surface area contributed by atoms with Crippen molar-refractivity contribution in [1.29, 1.82) is 0 Å². The van der Waals surface area contributed by atoms with Crippen molar-refractivity contribution >= 4 is 17.2 Å². The van der Waals surface area contributed by atoms with Gasteiger partial charge in [-0.3, -0.25) is 9.48 Å². The van der Waals surface area contributed by atoms with Gasteiger partial charge in [0.1, 0.15) is 5.69 Å². The third-order valence-electron chi connectivity index (χ3n) is 4.08. The summed E-state index contributed by atoms with van der Waals surface area (Å²) in [6.45, 7) is 1.41. The van der Waals surface area contributed by atoms with E-state index in [1.54, 1.807) is 16.2 Å². The van der Waals surface area contributed by atoms with Crippen molar-refractivity contribution in [2.75, 3.05) is 13.1 Å². The molecule has 2 aromatic heterocycles. The van der Waals surface area contributed by atoms with Crippen LogP contribution in [0.15, 0.2) is 54.0 Å². The minimum Gasteiger partial charge on any atom is -0.389 e. The van der Waals surface area contributed by atoms with E-state index in [4.69, 9.17) is 0 Å². The second-order valence-corrected chi connectivity index (χ2v) is 6.86. The minimum absolute atomic E-state index is 0.0667. The molecule has 0 unspecified atom stereocenters. The topological polar surface area (TPSA) is 58.4 Å². The summed E-state index contributed by atoms with van der Waals surface area (Å²) < 4.78 is 1.81. The van der Waals surface area contributed by atoms with E-state index < -0.39 is 6.10 Å². The normalized spacial score (nSPS) is 14.6. The summed E-state index contributed by atoms with van der Waals surface area (Å²) >= 11 is 1.57.